The Morgan fingerprint density at radius 2 is 1.97 bits per heavy atom. The van der Waals surface area contributed by atoms with E-state index in [-0.39, 0.29) is 24.0 Å². The molecular formula is C22H31N5O2. The molecule has 4 aliphatic rings. The van der Waals surface area contributed by atoms with Gasteiger partial charge in [0.1, 0.15) is 0 Å². The largest absolute Gasteiger partial charge is 0.336 e. The lowest BCUT2D eigenvalue weighted by atomic mass is 9.84. The van der Waals surface area contributed by atoms with Crippen LogP contribution in [0.15, 0.2) is 24.5 Å². The average Bonchev–Trinajstić information content (AvgIpc) is 3.06. The van der Waals surface area contributed by atoms with E-state index in [9.17, 15) is 9.59 Å². The lowest BCUT2D eigenvalue weighted by molar-refractivity contribution is 0.0567. The normalized spacial score (nSPS) is 28.8. The second-order valence-corrected chi connectivity index (χ2v) is 9.14. The first-order valence-electron chi connectivity index (χ1n) is 11.2. The zero-order valence-corrected chi connectivity index (χ0v) is 17.0. The topological polar surface area (TPSA) is 68.8 Å². The van der Waals surface area contributed by atoms with Gasteiger partial charge >= 0.3 is 6.03 Å². The van der Waals surface area contributed by atoms with Crippen molar-refractivity contribution in [3.8, 4) is 0 Å². The van der Waals surface area contributed by atoms with Gasteiger partial charge in [0.2, 0.25) is 0 Å². The molecule has 1 aromatic rings. The molecule has 1 saturated carbocycles. The van der Waals surface area contributed by atoms with Crippen molar-refractivity contribution in [2.45, 2.75) is 56.7 Å². The minimum atomic E-state index is 0.00792. The first-order valence-corrected chi connectivity index (χ1v) is 11.2. The number of fused-ring (bicyclic) bond motifs is 1. The van der Waals surface area contributed by atoms with Crippen molar-refractivity contribution >= 4 is 11.9 Å². The summed E-state index contributed by atoms with van der Waals surface area (Å²) in [5.74, 6) is 0.918. The van der Waals surface area contributed by atoms with Crippen LogP contribution in [0.25, 0.3) is 0 Å². The number of amides is 3. The molecule has 1 N–H and O–H groups in total. The van der Waals surface area contributed by atoms with Crippen LogP contribution in [-0.4, -0.2) is 82.5 Å². The second-order valence-electron chi connectivity index (χ2n) is 9.14. The standard InChI is InChI=1S/C22H31N5O2/c28-21(17-5-2-9-23-13-17)26-12-8-20-19(15-26)24-22(29)27(20)18-6-10-25(11-7-18)14-16-3-1-4-16/h2,5,9,13,16,18-20H,1,3-4,6-8,10-12,14-15H2,(H,24,29). The van der Waals surface area contributed by atoms with Gasteiger partial charge in [0.05, 0.1) is 17.6 Å². The third-order valence-corrected chi connectivity index (χ3v) is 7.36. The summed E-state index contributed by atoms with van der Waals surface area (Å²) in [6, 6.07) is 4.24. The van der Waals surface area contributed by atoms with E-state index in [2.05, 4.69) is 20.1 Å². The van der Waals surface area contributed by atoms with Crippen LogP contribution in [0.1, 0.15) is 48.9 Å². The summed E-state index contributed by atoms with van der Waals surface area (Å²) in [4.78, 5) is 36.2. The molecule has 156 valence electrons. The molecule has 2 unspecified atom stereocenters. The van der Waals surface area contributed by atoms with Gasteiger partial charge in [-0.1, -0.05) is 6.42 Å². The quantitative estimate of drug-likeness (QED) is 0.843. The van der Waals surface area contributed by atoms with Crippen molar-refractivity contribution < 1.29 is 9.59 Å². The average molecular weight is 398 g/mol. The highest BCUT2D eigenvalue weighted by molar-refractivity contribution is 5.94. The first-order chi connectivity index (χ1) is 14.2. The Labute approximate surface area is 172 Å². The molecule has 4 heterocycles. The molecule has 7 heteroatoms. The lowest BCUT2D eigenvalue weighted by Gasteiger charge is -2.43. The van der Waals surface area contributed by atoms with Gasteiger partial charge in [-0.25, -0.2) is 4.79 Å². The minimum Gasteiger partial charge on any atom is -0.336 e. The summed E-state index contributed by atoms with van der Waals surface area (Å²) in [7, 11) is 0. The van der Waals surface area contributed by atoms with E-state index in [0.29, 0.717) is 24.7 Å². The Morgan fingerprint density at radius 3 is 2.66 bits per heavy atom. The zero-order chi connectivity index (χ0) is 19.8. The van der Waals surface area contributed by atoms with Gasteiger partial charge in [0.15, 0.2) is 0 Å². The number of carbonyl (C=O) groups is 2. The maximum absolute atomic E-state index is 12.8. The van der Waals surface area contributed by atoms with Crippen molar-refractivity contribution in [1.82, 2.24) is 25.0 Å². The fourth-order valence-electron chi connectivity index (χ4n) is 5.51. The van der Waals surface area contributed by atoms with E-state index in [0.717, 1.165) is 38.3 Å². The summed E-state index contributed by atoms with van der Waals surface area (Å²) < 4.78 is 0. The van der Waals surface area contributed by atoms with Crippen LogP contribution < -0.4 is 5.32 Å². The highest BCUT2D eigenvalue weighted by atomic mass is 16.2. The predicted molar refractivity (Wildman–Crippen MR) is 110 cm³/mol. The molecular weight excluding hydrogens is 366 g/mol. The minimum absolute atomic E-state index is 0.00792. The molecule has 1 aromatic heterocycles. The number of rotatable bonds is 4. The highest BCUT2D eigenvalue weighted by Gasteiger charge is 2.46. The predicted octanol–water partition coefficient (Wildman–Crippen LogP) is 1.95. The molecule has 4 fully saturated rings. The summed E-state index contributed by atoms with van der Waals surface area (Å²) in [5.41, 5.74) is 0.617. The number of carbonyl (C=O) groups excluding carboxylic acids is 2. The number of hydrogen-bond acceptors (Lipinski definition) is 4. The third kappa shape index (κ3) is 3.72. The van der Waals surface area contributed by atoms with Crippen molar-refractivity contribution in [3.05, 3.63) is 30.1 Å². The maximum Gasteiger partial charge on any atom is 0.318 e. The van der Waals surface area contributed by atoms with Gasteiger partial charge in [-0.3, -0.25) is 9.78 Å². The number of nitrogens with one attached hydrogen (secondary N) is 1. The number of hydrogen-bond donors (Lipinski definition) is 1. The summed E-state index contributed by atoms with van der Waals surface area (Å²) in [6.07, 6.45) is 10.5. The van der Waals surface area contributed by atoms with Crippen LogP contribution in [0.5, 0.6) is 0 Å². The maximum atomic E-state index is 12.8. The van der Waals surface area contributed by atoms with E-state index >= 15 is 0 Å². The van der Waals surface area contributed by atoms with E-state index in [1.54, 1.807) is 24.5 Å². The monoisotopic (exact) mass is 397 g/mol. The Bertz CT molecular complexity index is 745. The third-order valence-electron chi connectivity index (χ3n) is 7.36. The Hall–Kier alpha value is -2.15. The molecule has 0 aromatic carbocycles. The Morgan fingerprint density at radius 1 is 1.14 bits per heavy atom. The Balaban J connectivity index is 1.18. The molecule has 3 saturated heterocycles. The molecule has 5 rings (SSSR count). The van der Waals surface area contributed by atoms with Gasteiger partial charge in [-0.2, -0.15) is 0 Å². The van der Waals surface area contributed by atoms with Crippen LogP contribution in [0.2, 0.25) is 0 Å². The van der Waals surface area contributed by atoms with Gasteiger partial charge in [0, 0.05) is 51.2 Å². The van der Waals surface area contributed by atoms with Crippen LogP contribution in [0.4, 0.5) is 4.79 Å². The highest BCUT2D eigenvalue weighted by Crippen LogP contribution is 2.31. The molecule has 1 aliphatic carbocycles. The number of piperidine rings is 2. The lowest BCUT2D eigenvalue weighted by Crippen LogP contribution is -2.55. The summed E-state index contributed by atoms with van der Waals surface area (Å²) >= 11 is 0. The van der Waals surface area contributed by atoms with Crippen LogP contribution in [0.3, 0.4) is 0 Å². The molecule has 7 nitrogen and oxygen atoms in total. The molecule has 2 atom stereocenters. The van der Waals surface area contributed by atoms with Crippen LogP contribution in [-0.2, 0) is 0 Å². The van der Waals surface area contributed by atoms with Crippen molar-refractivity contribution in [2.75, 3.05) is 32.7 Å². The molecule has 0 radical (unpaired) electrons. The smallest absolute Gasteiger partial charge is 0.318 e. The SMILES string of the molecule is O=C(c1cccnc1)N1CCC2C(C1)NC(=O)N2C1CCN(CC2CCC2)CC1. The number of aromatic nitrogens is 1. The zero-order valence-electron chi connectivity index (χ0n) is 17.0. The second kappa shape index (κ2) is 7.94. The van der Waals surface area contributed by atoms with E-state index in [4.69, 9.17) is 0 Å². The number of nitrogens with zero attached hydrogens (tertiary/aromatic N) is 4. The van der Waals surface area contributed by atoms with Crippen LogP contribution >= 0.6 is 0 Å². The summed E-state index contributed by atoms with van der Waals surface area (Å²) in [6.45, 7) is 4.74. The van der Waals surface area contributed by atoms with Crippen molar-refractivity contribution in [3.63, 3.8) is 0 Å². The molecule has 3 aliphatic heterocycles. The van der Waals surface area contributed by atoms with Crippen molar-refractivity contribution in [2.24, 2.45) is 5.92 Å². The van der Waals surface area contributed by atoms with Gasteiger partial charge < -0.3 is 20.0 Å². The molecule has 3 amide bonds. The van der Waals surface area contributed by atoms with E-state index in [1.807, 2.05) is 4.90 Å². The fraction of sp³-hybridized carbons (Fsp3) is 0.682. The Kier molecular flexibility index (Phi) is 5.16. The number of urea groups is 1. The number of pyridine rings is 1. The van der Waals surface area contributed by atoms with Crippen LogP contribution in [0, 0.1) is 5.92 Å². The van der Waals surface area contributed by atoms with Gasteiger partial charge in [-0.05, 0) is 50.2 Å². The van der Waals surface area contributed by atoms with Gasteiger partial charge in [-0.15, -0.1) is 0 Å². The van der Waals surface area contributed by atoms with Gasteiger partial charge in [0.25, 0.3) is 5.91 Å². The van der Waals surface area contributed by atoms with Crippen molar-refractivity contribution in [1.29, 1.82) is 0 Å². The van der Waals surface area contributed by atoms with E-state index < -0.39 is 0 Å². The first kappa shape index (κ1) is 18.9. The van der Waals surface area contributed by atoms with E-state index in [1.165, 1.54) is 25.8 Å². The summed E-state index contributed by atoms with van der Waals surface area (Å²) in [5, 5.41) is 3.17. The molecule has 0 spiro atoms. The molecule has 0 bridgehead atoms. The number of likely N-dealkylation sites (tertiary alicyclic amines) is 2. The molecule has 29 heavy (non-hydrogen) atoms. The fourth-order valence-corrected chi connectivity index (χ4v) is 5.51.